The average molecular weight is 377 g/mol. The minimum Gasteiger partial charge on any atom is -0.485 e. The summed E-state index contributed by atoms with van der Waals surface area (Å²) in [5, 5.41) is 2.90. The number of hydrogen-bond donors (Lipinski definition) is 1. The Labute approximate surface area is 162 Å². The Morgan fingerprint density at radius 2 is 2.00 bits per heavy atom. The van der Waals surface area contributed by atoms with E-state index < -0.39 is 0 Å². The zero-order chi connectivity index (χ0) is 20.3. The maximum absolute atomic E-state index is 12.8. The van der Waals surface area contributed by atoms with Crippen molar-refractivity contribution in [3.63, 3.8) is 0 Å². The van der Waals surface area contributed by atoms with Gasteiger partial charge in [0.2, 0.25) is 0 Å². The number of likely N-dealkylation sites (N-methyl/N-ethyl adjacent to an activating group) is 1. The van der Waals surface area contributed by atoms with E-state index in [1.165, 1.54) is 0 Å². The Bertz CT molecular complexity index is 690. The number of para-hydroxylation sites is 1. The molecule has 1 aromatic rings. The number of benzene rings is 1. The van der Waals surface area contributed by atoms with Crippen molar-refractivity contribution in [2.24, 2.45) is 5.92 Å². The first-order chi connectivity index (χ1) is 12.6. The molecule has 2 atom stereocenters. The van der Waals surface area contributed by atoms with Crippen LogP contribution in [0.3, 0.4) is 0 Å². The van der Waals surface area contributed by atoms with Crippen molar-refractivity contribution in [1.82, 2.24) is 15.1 Å². The Kier molecular flexibility index (Phi) is 6.57. The van der Waals surface area contributed by atoms with Crippen LogP contribution in [0.5, 0.6) is 5.75 Å². The molecule has 1 aliphatic rings. The molecule has 0 fully saturated rings. The highest BCUT2D eigenvalue weighted by atomic mass is 16.5. The summed E-state index contributed by atoms with van der Waals surface area (Å²) in [5.74, 6) is 0.593. The largest absolute Gasteiger partial charge is 0.485 e. The van der Waals surface area contributed by atoms with Gasteiger partial charge in [0.25, 0.3) is 5.91 Å². The van der Waals surface area contributed by atoms with Gasteiger partial charge in [0.1, 0.15) is 6.10 Å². The Hall–Kier alpha value is -2.44. The first-order valence-corrected chi connectivity index (χ1v) is 9.35. The molecule has 2 rings (SSSR count). The Morgan fingerprint density at radius 3 is 2.59 bits per heavy atom. The Morgan fingerprint density at radius 1 is 1.33 bits per heavy atom. The summed E-state index contributed by atoms with van der Waals surface area (Å²) in [7, 11) is 7.42. The third kappa shape index (κ3) is 4.84. The molecular weight excluding hydrogens is 344 g/mol. The van der Waals surface area contributed by atoms with E-state index in [0.717, 1.165) is 5.69 Å². The molecule has 1 N–H and O–H groups in total. The number of carbonyl (C=O) groups is 2. The van der Waals surface area contributed by atoms with Gasteiger partial charge in [-0.15, -0.1) is 0 Å². The van der Waals surface area contributed by atoms with E-state index in [9.17, 15) is 9.59 Å². The van der Waals surface area contributed by atoms with E-state index in [2.05, 4.69) is 5.32 Å². The third-order valence-electron chi connectivity index (χ3n) is 4.73. The molecule has 1 aliphatic heterocycles. The number of carbonyl (C=O) groups excluding carboxylic acids is 2. The van der Waals surface area contributed by atoms with E-state index in [4.69, 9.17) is 4.74 Å². The van der Waals surface area contributed by atoms with Gasteiger partial charge in [-0.05, 0) is 26.0 Å². The van der Waals surface area contributed by atoms with Crippen LogP contribution in [-0.4, -0.2) is 75.2 Å². The number of ether oxygens (including phenoxy) is 1. The number of nitrogens with one attached hydrogen (secondary N) is 1. The topological polar surface area (TPSA) is 65.1 Å². The fourth-order valence-corrected chi connectivity index (χ4v) is 3.20. The SMILES string of the molecule is CC(C)NC(=O)N(C)C[C@H]1Oc2c(cccc2N(C)C)C(=O)N(C)C[C@@H]1C. The second-order valence-electron chi connectivity index (χ2n) is 7.85. The molecule has 0 unspecified atom stereocenters. The van der Waals surface area contributed by atoms with Crippen LogP contribution < -0.4 is 15.0 Å². The lowest BCUT2D eigenvalue weighted by Gasteiger charge is -2.36. The van der Waals surface area contributed by atoms with Gasteiger partial charge in [0, 0.05) is 46.7 Å². The lowest BCUT2D eigenvalue weighted by molar-refractivity contribution is 0.0578. The van der Waals surface area contributed by atoms with Gasteiger partial charge >= 0.3 is 6.03 Å². The standard InChI is InChI=1S/C20H32N4O3/c1-13(2)21-20(26)24(7)12-17-14(3)11-23(6)19(25)15-9-8-10-16(22(4)5)18(15)27-17/h8-10,13-14,17H,11-12H2,1-7H3,(H,21,26)/t14-,17+/m0/s1. The van der Waals surface area contributed by atoms with E-state index in [0.29, 0.717) is 24.4 Å². The van der Waals surface area contributed by atoms with Crippen molar-refractivity contribution in [2.45, 2.75) is 32.9 Å². The number of nitrogens with zero attached hydrogens (tertiary/aromatic N) is 3. The number of urea groups is 1. The predicted molar refractivity (Wildman–Crippen MR) is 108 cm³/mol. The fourth-order valence-electron chi connectivity index (χ4n) is 3.20. The van der Waals surface area contributed by atoms with Gasteiger partial charge in [-0.25, -0.2) is 4.79 Å². The van der Waals surface area contributed by atoms with Crippen molar-refractivity contribution >= 4 is 17.6 Å². The molecule has 0 saturated heterocycles. The number of hydrogen-bond acceptors (Lipinski definition) is 4. The molecule has 0 radical (unpaired) electrons. The molecule has 7 heteroatoms. The predicted octanol–water partition coefficient (Wildman–Crippen LogP) is 2.27. The molecule has 1 heterocycles. The number of rotatable bonds is 4. The number of anilines is 1. The highest BCUT2D eigenvalue weighted by Crippen LogP contribution is 2.35. The van der Waals surface area contributed by atoms with E-state index in [-0.39, 0.29) is 30.0 Å². The van der Waals surface area contributed by atoms with Crippen LogP contribution in [0.4, 0.5) is 10.5 Å². The molecule has 0 spiro atoms. The van der Waals surface area contributed by atoms with Gasteiger partial charge in [-0.2, -0.15) is 0 Å². The van der Waals surface area contributed by atoms with Crippen LogP contribution in [0.15, 0.2) is 18.2 Å². The maximum atomic E-state index is 12.8. The summed E-state index contributed by atoms with van der Waals surface area (Å²) in [4.78, 5) is 30.4. The Balaban J connectivity index is 2.36. The van der Waals surface area contributed by atoms with Crippen LogP contribution >= 0.6 is 0 Å². The highest BCUT2D eigenvalue weighted by Gasteiger charge is 2.32. The minimum atomic E-state index is -0.233. The molecule has 7 nitrogen and oxygen atoms in total. The van der Waals surface area contributed by atoms with Gasteiger partial charge in [-0.1, -0.05) is 13.0 Å². The van der Waals surface area contributed by atoms with Crippen molar-refractivity contribution in [3.05, 3.63) is 23.8 Å². The van der Waals surface area contributed by atoms with Gasteiger partial charge < -0.3 is 24.8 Å². The smallest absolute Gasteiger partial charge is 0.317 e. The summed E-state index contributed by atoms with van der Waals surface area (Å²) in [6.45, 7) is 6.91. The second kappa shape index (κ2) is 8.50. The zero-order valence-electron chi connectivity index (χ0n) is 17.4. The van der Waals surface area contributed by atoms with Crippen LogP contribution in [0, 0.1) is 5.92 Å². The van der Waals surface area contributed by atoms with Crippen molar-refractivity contribution in [2.75, 3.05) is 46.2 Å². The molecule has 0 saturated carbocycles. The molecule has 0 bridgehead atoms. The minimum absolute atomic E-state index is 0.0510. The number of amides is 3. The summed E-state index contributed by atoms with van der Waals surface area (Å²) in [6.07, 6.45) is -0.233. The molecule has 0 aliphatic carbocycles. The van der Waals surface area contributed by atoms with Crippen LogP contribution in [0.2, 0.25) is 0 Å². The van der Waals surface area contributed by atoms with E-state index >= 15 is 0 Å². The van der Waals surface area contributed by atoms with Gasteiger partial charge in [-0.3, -0.25) is 4.79 Å². The summed E-state index contributed by atoms with van der Waals surface area (Å²) < 4.78 is 6.38. The average Bonchev–Trinajstić information content (AvgIpc) is 2.58. The normalized spacial score (nSPS) is 19.7. The first-order valence-electron chi connectivity index (χ1n) is 9.35. The van der Waals surface area contributed by atoms with Crippen LogP contribution in [0.1, 0.15) is 31.1 Å². The van der Waals surface area contributed by atoms with Gasteiger partial charge in [0.15, 0.2) is 5.75 Å². The zero-order valence-corrected chi connectivity index (χ0v) is 17.4. The van der Waals surface area contributed by atoms with E-state index in [1.54, 1.807) is 22.9 Å². The molecule has 0 aromatic heterocycles. The van der Waals surface area contributed by atoms with E-state index in [1.807, 2.05) is 58.9 Å². The maximum Gasteiger partial charge on any atom is 0.317 e. The van der Waals surface area contributed by atoms with Crippen molar-refractivity contribution in [1.29, 1.82) is 0 Å². The monoisotopic (exact) mass is 376 g/mol. The number of fused-ring (bicyclic) bond motifs is 1. The van der Waals surface area contributed by atoms with Crippen LogP contribution in [-0.2, 0) is 0 Å². The lowest BCUT2D eigenvalue weighted by Crippen LogP contribution is -2.49. The molecule has 150 valence electrons. The van der Waals surface area contributed by atoms with Crippen LogP contribution in [0.25, 0.3) is 0 Å². The first kappa shape index (κ1) is 20.9. The van der Waals surface area contributed by atoms with Crippen molar-refractivity contribution < 1.29 is 14.3 Å². The quantitative estimate of drug-likeness (QED) is 0.876. The summed E-state index contributed by atoms with van der Waals surface area (Å²) in [5.41, 5.74) is 1.40. The highest BCUT2D eigenvalue weighted by molar-refractivity contribution is 5.99. The molecular formula is C20H32N4O3. The molecule has 1 aromatic carbocycles. The molecule has 3 amide bonds. The fraction of sp³-hybridized carbons (Fsp3) is 0.600. The summed E-state index contributed by atoms with van der Waals surface area (Å²) >= 11 is 0. The molecule has 27 heavy (non-hydrogen) atoms. The lowest BCUT2D eigenvalue weighted by atomic mass is 10.0. The second-order valence-corrected chi connectivity index (χ2v) is 7.85. The third-order valence-corrected chi connectivity index (χ3v) is 4.73. The van der Waals surface area contributed by atoms with Crippen molar-refractivity contribution in [3.8, 4) is 5.75 Å². The summed E-state index contributed by atoms with van der Waals surface area (Å²) in [6, 6.07) is 5.54. The van der Waals surface area contributed by atoms with Gasteiger partial charge in [0.05, 0.1) is 17.8 Å².